The molecule has 31 heavy (non-hydrogen) atoms. The van der Waals surface area contributed by atoms with E-state index in [4.69, 9.17) is 9.15 Å². The number of hydrogen-bond donors (Lipinski definition) is 0. The van der Waals surface area contributed by atoms with E-state index in [1.165, 1.54) is 22.3 Å². The summed E-state index contributed by atoms with van der Waals surface area (Å²) >= 11 is 1.52. The molecule has 0 saturated carbocycles. The van der Waals surface area contributed by atoms with E-state index < -0.39 is 4.92 Å². The SMILES string of the molecule is CCOC(=O)c1c(N=Cc2ccc(-c3ccc(C)cc3[N+](=O)[O-])o2)sc2c1CCCC2. The van der Waals surface area contributed by atoms with Gasteiger partial charge in [0.25, 0.3) is 5.69 Å². The highest BCUT2D eigenvalue weighted by atomic mass is 32.1. The van der Waals surface area contributed by atoms with Crippen molar-refractivity contribution >= 4 is 34.2 Å². The Kier molecular flexibility index (Phi) is 5.99. The van der Waals surface area contributed by atoms with Gasteiger partial charge in [-0.15, -0.1) is 11.3 Å². The summed E-state index contributed by atoms with van der Waals surface area (Å²) < 4.78 is 11.1. The summed E-state index contributed by atoms with van der Waals surface area (Å²) in [7, 11) is 0. The van der Waals surface area contributed by atoms with Gasteiger partial charge in [0.15, 0.2) is 0 Å². The van der Waals surface area contributed by atoms with E-state index in [1.807, 2.05) is 0 Å². The highest BCUT2D eigenvalue weighted by Gasteiger charge is 2.26. The number of aryl methyl sites for hydroxylation is 2. The predicted octanol–water partition coefficient (Wildman–Crippen LogP) is 6.03. The fourth-order valence-corrected chi connectivity index (χ4v) is 4.97. The molecule has 4 rings (SSSR count). The lowest BCUT2D eigenvalue weighted by molar-refractivity contribution is -0.384. The standard InChI is InChI=1S/C23H22N2O5S/c1-3-29-23(26)21-17-6-4-5-7-20(17)31-22(21)24-13-15-9-11-19(30-15)16-10-8-14(2)12-18(16)25(27)28/h8-13H,3-7H2,1-2H3. The van der Waals surface area contributed by atoms with E-state index in [-0.39, 0.29) is 11.7 Å². The van der Waals surface area contributed by atoms with Crippen LogP contribution in [-0.2, 0) is 17.6 Å². The van der Waals surface area contributed by atoms with Crippen LogP contribution in [0.2, 0.25) is 0 Å². The van der Waals surface area contributed by atoms with Gasteiger partial charge >= 0.3 is 5.97 Å². The number of nitro groups is 1. The van der Waals surface area contributed by atoms with Crippen molar-refractivity contribution in [2.24, 2.45) is 4.99 Å². The first kappa shape index (κ1) is 21.0. The summed E-state index contributed by atoms with van der Waals surface area (Å²) in [6.45, 7) is 3.90. The number of thiophene rings is 1. The topological polar surface area (TPSA) is 94.9 Å². The van der Waals surface area contributed by atoms with Gasteiger partial charge in [0, 0.05) is 10.9 Å². The molecule has 0 amide bonds. The molecule has 0 radical (unpaired) electrons. The molecule has 0 aliphatic heterocycles. The van der Waals surface area contributed by atoms with E-state index in [1.54, 1.807) is 44.3 Å². The zero-order valence-electron chi connectivity index (χ0n) is 17.3. The first-order valence-corrected chi connectivity index (χ1v) is 11.0. The molecule has 1 aliphatic carbocycles. The Bertz CT molecular complexity index is 1170. The maximum absolute atomic E-state index is 12.6. The van der Waals surface area contributed by atoms with Gasteiger partial charge in [-0.3, -0.25) is 10.1 Å². The first-order chi connectivity index (χ1) is 15.0. The molecule has 1 aliphatic rings. The molecule has 2 heterocycles. The summed E-state index contributed by atoms with van der Waals surface area (Å²) in [6, 6.07) is 8.40. The largest absolute Gasteiger partial charge is 0.462 e. The Morgan fingerprint density at radius 2 is 2.10 bits per heavy atom. The molecule has 0 fully saturated rings. The summed E-state index contributed by atoms with van der Waals surface area (Å²) in [5.74, 6) is 0.500. The Hall–Kier alpha value is -3.26. The monoisotopic (exact) mass is 438 g/mol. The van der Waals surface area contributed by atoms with Gasteiger partial charge < -0.3 is 9.15 Å². The minimum Gasteiger partial charge on any atom is -0.462 e. The molecule has 8 heteroatoms. The van der Waals surface area contributed by atoms with Gasteiger partial charge in [-0.1, -0.05) is 6.07 Å². The van der Waals surface area contributed by atoms with Crippen molar-refractivity contribution in [1.29, 1.82) is 0 Å². The molecule has 0 unspecified atom stereocenters. The van der Waals surface area contributed by atoms with Crippen LogP contribution in [0.25, 0.3) is 11.3 Å². The average molecular weight is 439 g/mol. The normalized spacial score (nSPS) is 13.4. The van der Waals surface area contributed by atoms with Crippen LogP contribution in [0, 0.1) is 17.0 Å². The fraction of sp³-hybridized carbons (Fsp3) is 0.304. The van der Waals surface area contributed by atoms with E-state index >= 15 is 0 Å². The van der Waals surface area contributed by atoms with Crippen LogP contribution in [0.4, 0.5) is 10.7 Å². The van der Waals surface area contributed by atoms with Crippen LogP contribution in [0.3, 0.4) is 0 Å². The lowest BCUT2D eigenvalue weighted by Gasteiger charge is -2.11. The summed E-state index contributed by atoms with van der Waals surface area (Å²) in [5, 5.41) is 12.0. The van der Waals surface area contributed by atoms with Crippen LogP contribution in [0.15, 0.2) is 39.7 Å². The number of benzene rings is 1. The number of nitro benzene ring substituents is 1. The number of hydrogen-bond acceptors (Lipinski definition) is 7. The lowest BCUT2D eigenvalue weighted by Crippen LogP contribution is -2.09. The maximum Gasteiger partial charge on any atom is 0.341 e. The zero-order chi connectivity index (χ0) is 22.0. The van der Waals surface area contributed by atoms with Crippen molar-refractivity contribution in [3.63, 3.8) is 0 Å². The first-order valence-electron chi connectivity index (χ1n) is 10.2. The van der Waals surface area contributed by atoms with Crippen molar-refractivity contribution in [2.75, 3.05) is 6.61 Å². The quantitative estimate of drug-likeness (QED) is 0.203. The van der Waals surface area contributed by atoms with E-state index in [0.29, 0.717) is 34.3 Å². The maximum atomic E-state index is 12.6. The third-order valence-corrected chi connectivity index (χ3v) is 6.38. The number of ether oxygens (including phenoxy) is 1. The average Bonchev–Trinajstić information content (AvgIpc) is 3.36. The zero-order valence-corrected chi connectivity index (χ0v) is 18.2. The molecular weight excluding hydrogens is 416 g/mol. The van der Waals surface area contributed by atoms with Crippen molar-refractivity contribution in [2.45, 2.75) is 39.5 Å². The molecule has 3 aromatic rings. The Labute approximate surface area is 183 Å². The number of carbonyl (C=O) groups excluding carboxylic acids is 1. The molecular formula is C23H22N2O5S. The summed E-state index contributed by atoms with van der Waals surface area (Å²) in [6.07, 6.45) is 5.51. The molecule has 0 N–H and O–H groups in total. The fourth-order valence-electron chi connectivity index (χ4n) is 3.75. The molecule has 2 aromatic heterocycles. The highest BCUT2D eigenvalue weighted by molar-refractivity contribution is 7.16. The number of carbonyl (C=O) groups is 1. The van der Waals surface area contributed by atoms with Gasteiger partial charge in [0.2, 0.25) is 0 Å². The van der Waals surface area contributed by atoms with Gasteiger partial charge in [-0.25, -0.2) is 9.79 Å². The molecule has 1 aromatic carbocycles. The highest BCUT2D eigenvalue weighted by Crippen LogP contribution is 2.40. The second-order valence-corrected chi connectivity index (χ2v) is 8.43. The number of esters is 1. The Balaban J connectivity index is 1.66. The van der Waals surface area contributed by atoms with Crippen LogP contribution >= 0.6 is 11.3 Å². The van der Waals surface area contributed by atoms with Gasteiger partial charge in [0.1, 0.15) is 16.5 Å². The van der Waals surface area contributed by atoms with E-state index in [2.05, 4.69) is 4.99 Å². The minimum atomic E-state index is -0.416. The summed E-state index contributed by atoms with van der Waals surface area (Å²) in [5.41, 5.74) is 2.82. The lowest BCUT2D eigenvalue weighted by atomic mass is 9.95. The number of rotatable bonds is 6. The Morgan fingerprint density at radius 1 is 1.29 bits per heavy atom. The number of aliphatic imine (C=N–C) groups is 1. The van der Waals surface area contributed by atoms with Crippen molar-refractivity contribution in [1.82, 2.24) is 0 Å². The third-order valence-electron chi connectivity index (χ3n) is 5.18. The molecule has 160 valence electrons. The summed E-state index contributed by atoms with van der Waals surface area (Å²) in [4.78, 5) is 29.3. The van der Waals surface area contributed by atoms with Crippen LogP contribution in [0.5, 0.6) is 0 Å². The molecule has 0 atom stereocenters. The van der Waals surface area contributed by atoms with Crippen LogP contribution in [-0.4, -0.2) is 23.7 Å². The third kappa shape index (κ3) is 4.29. The number of nitrogens with zero attached hydrogens (tertiary/aromatic N) is 2. The Morgan fingerprint density at radius 3 is 2.87 bits per heavy atom. The van der Waals surface area contributed by atoms with Gasteiger partial charge in [-0.05, 0) is 68.9 Å². The smallest absolute Gasteiger partial charge is 0.341 e. The molecule has 0 spiro atoms. The van der Waals surface area contributed by atoms with Crippen molar-refractivity contribution in [3.8, 4) is 11.3 Å². The molecule has 7 nitrogen and oxygen atoms in total. The van der Waals surface area contributed by atoms with Crippen LogP contribution in [0.1, 0.15) is 51.9 Å². The minimum absolute atomic E-state index is 0.00614. The van der Waals surface area contributed by atoms with E-state index in [0.717, 1.165) is 36.8 Å². The predicted molar refractivity (Wildman–Crippen MR) is 120 cm³/mol. The van der Waals surface area contributed by atoms with Gasteiger partial charge in [0.05, 0.1) is 28.9 Å². The van der Waals surface area contributed by atoms with Crippen LogP contribution < -0.4 is 0 Å². The number of furan rings is 1. The molecule has 0 saturated heterocycles. The van der Waals surface area contributed by atoms with Gasteiger partial charge in [-0.2, -0.15) is 0 Å². The second kappa shape index (κ2) is 8.85. The molecule has 0 bridgehead atoms. The van der Waals surface area contributed by atoms with E-state index in [9.17, 15) is 14.9 Å². The second-order valence-electron chi connectivity index (χ2n) is 7.35. The van der Waals surface area contributed by atoms with Crippen molar-refractivity contribution < 1.29 is 18.9 Å². The number of fused-ring (bicyclic) bond motifs is 1. The van der Waals surface area contributed by atoms with Crippen molar-refractivity contribution in [3.05, 3.63) is 67.8 Å².